The third kappa shape index (κ3) is 5.40. The molecule has 42 heavy (non-hydrogen) atoms. The Hall–Kier alpha value is -4.14. The van der Waals surface area contributed by atoms with E-state index in [2.05, 4.69) is 35.6 Å². The van der Waals surface area contributed by atoms with Crippen LogP contribution in [-0.2, 0) is 24.5 Å². The summed E-state index contributed by atoms with van der Waals surface area (Å²) in [5, 5.41) is 10.5. The summed E-state index contributed by atoms with van der Waals surface area (Å²) in [6.07, 6.45) is 2.70. The van der Waals surface area contributed by atoms with Gasteiger partial charge >= 0.3 is 6.18 Å². The van der Waals surface area contributed by atoms with Crippen LogP contribution >= 0.6 is 11.6 Å². The van der Waals surface area contributed by atoms with Gasteiger partial charge in [-0.3, -0.25) is 4.90 Å². The monoisotopic (exact) mass is 601 g/mol. The number of anilines is 3. The van der Waals surface area contributed by atoms with Crippen LogP contribution in [0.4, 0.5) is 30.6 Å². The van der Waals surface area contributed by atoms with Crippen molar-refractivity contribution in [2.45, 2.75) is 25.2 Å². The molecular weight excluding hydrogens is 575 g/mol. The summed E-state index contributed by atoms with van der Waals surface area (Å²) in [5.74, 6) is 1.58. The zero-order valence-corrected chi connectivity index (χ0v) is 23.7. The summed E-state index contributed by atoms with van der Waals surface area (Å²) in [4.78, 5) is 15.2. The second-order valence-corrected chi connectivity index (χ2v) is 10.4. The first-order chi connectivity index (χ1) is 20.1. The molecule has 1 saturated heterocycles. The summed E-state index contributed by atoms with van der Waals surface area (Å²) in [6, 6.07) is 3.93. The van der Waals surface area contributed by atoms with Gasteiger partial charge in [-0.05, 0) is 30.2 Å². The second-order valence-electron chi connectivity index (χ2n) is 9.99. The smallest absolute Gasteiger partial charge is 0.416 e. The SMILES string of the molecule is CNc1cn2ncc(Oc3cnc4nc(Nc5cc(CN6CCC(OC)C6)cc(C(F)(F)F)c5)n(C)c4c3Cl)c2cn1. The van der Waals surface area contributed by atoms with Crippen molar-refractivity contribution >= 4 is 45.7 Å². The summed E-state index contributed by atoms with van der Waals surface area (Å²) in [7, 11) is 5.09. The minimum atomic E-state index is -4.52. The second kappa shape index (κ2) is 10.9. The molecule has 1 aliphatic rings. The average molecular weight is 602 g/mol. The molecule has 0 saturated carbocycles. The molecule has 0 aliphatic carbocycles. The van der Waals surface area contributed by atoms with Gasteiger partial charge in [0.2, 0.25) is 5.95 Å². The topological polar surface area (TPSA) is 107 Å². The predicted octanol–water partition coefficient (Wildman–Crippen LogP) is 5.48. The maximum atomic E-state index is 13.8. The van der Waals surface area contributed by atoms with Gasteiger partial charge in [0.15, 0.2) is 17.1 Å². The molecule has 0 bridgehead atoms. The van der Waals surface area contributed by atoms with Crippen LogP contribution in [-0.4, -0.2) is 67.4 Å². The first-order valence-corrected chi connectivity index (χ1v) is 13.4. The molecule has 5 heterocycles. The van der Waals surface area contributed by atoms with Gasteiger partial charge in [-0.25, -0.2) is 14.5 Å². The number of aromatic nitrogens is 6. The van der Waals surface area contributed by atoms with Gasteiger partial charge in [-0.2, -0.15) is 23.3 Å². The van der Waals surface area contributed by atoms with Crippen molar-refractivity contribution < 1.29 is 22.6 Å². The van der Waals surface area contributed by atoms with Gasteiger partial charge in [0.05, 0.1) is 36.5 Å². The Bertz CT molecular complexity index is 1770. The number of halogens is 4. The molecule has 1 unspecified atom stereocenters. The highest BCUT2D eigenvalue weighted by molar-refractivity contribution is 6.36. The maximum absolute atomic E-state index is 13.8. The minimum absolute atomic E-state index is 0.0789. The van der Waals surface area contributed by atoms with E-state index in [1.165, 1.54) is 18.5 Å². The maximum Gasteiger partial charge on any atom is 0.416 e. The fourth-order valence-corrected chi connectivity index (χ4v) is 5.32. The molecule has 6 rings (SSSR count). The van der Waals surface area contributed by atoms with Crippen LogP contribution in [0.1, 0.15) is 17.5 Å². The molecule has 0 spiro atoms. The van der Waals surface area contributed by atoms with E-state index in [9.17, 15) is 13.2 Å². The fourth-order valence-electron chi connectivity index (χ4n) is 5.02. The number of alkyl halides is 3. The van der Waals surface area contributed by atoms with E-state index in [4.69, 9.17) is 21.1 Å². The number of nitrogens with zero attached hydrogens (tertiary/aromatic N) is 7. The lowest BCUT2D eigenvalue weighted by atomic mass is 10.1. The number of benzene rings is 1. The molecule has 0 amide bonds. The van der Waals surface area contributed by atoms with Crippen molar-refractivity contribution in [2.75, 3.05) is 37.9 Å². The average Bonchev–Trinajstić information content (AvgIpc) is 3.67. The number of nitrogens with one attached hydrogen (secondary N) is 2. The molecule has 5 aromatic rings. The van der Waals surface area contributed by atoms with Crippen molar-refractivity contribution in [3.63, 3.8) is 0 Å². The molecule has 11 nitrogen and oxygen atoms in total. The lowest BCUT2D eigenvalue weighted by Gasteiger charge is -2.18. The van der Waals surface area contributed by atoms with Crippen molar-refractivity contribution in [3.8, 4) is 11.5 Å². The summed E-state index contributed by atoms with van der Waals surface area (Å²) in [5.41, 5.74) is 1.38. The number of ether oxygens (including phenoxy) is 2. The van der Waals surface area contributed by atoms with Crippen molar-refractivity contribution in [2.24, 2.45) is 7.05 Å². The van der Waals surface area contributed by atoms with E-state index >= 15 is 0 Å². The van der Waals surface area contributed by atoms with Crippen LogP contribution in [0.2, 0.25) is 5.02 Å². The number of pyridine rings is 1. The molecule has 2 N–H and O–H groups in total. The van der Waals surface area contributed by atoms with Crippen LogP contribution < -0.4 is 15.4 Å². The Labute approximate surface area is 243 Å². The molecular formula is C27H27ClF3N9O2. The number of fused-ring (bicyclic) bond motifs is 2. The van der Waals surface area contributed by atoms with Crippen molar-refractivity contribution in [3.05, 3.63) is 59.1 Å². The minimum Gasteiger partial charge on any atom is -0.450 e. The summed E-state index contributed by atoms with van der Waals surface area (Å²) in [6.45, 7) is 1.78. The van der Waals surface area contributed by atoms with Crippen LogP contribution in [0, 0.1) is 0 Å². The van der Waals surface area contributed by atoms with Crippen LogP contribution in [0.25, 0.3) is 16.7 Å². The van der Waals surface area contributed by atoms with Gasteiger partial charge < -0.3 is 24.7 Å². The standard InChI is InChI=1S/C27H27ClF3N9O2/c1-32-22-14-40-19(9-33-22)20(11-35-40)42-21-10-34-25-24(23(21)28)38(2)26(37-25)36-17-7-15(6-16(8-17)27(29,30)31)12-39-5-4-18(13-39)41-3/h6-11,14,18,32H,4-5,12-13H2,1-3H3,(H,34,36,37). The normalized spacial score (nSPS) is 16.0. The van der Waals surface area contributed by atoms with E-state index in [1.54, 1.807) is 48.7 Å². The van der Waals surface area contributed by atoms with Crippen molar-refractivity contribution in [1.29, 1.82) is 0 Å². The molecule has 1 fully saturated rings. The number of hydrogen-bond acceptors (Lipinski definition) is 9. The van der Waals surface area contributed by atoms with Crippen molar-refractivity contribution in [1.82, 2.24) is 34.0 Å². The van der Waals surface area contributed by atoms with E-state index in [0.717, 1.165) is 19.0 Å². The molecule has 1 aliphatic heterocycles. The molecule has 1 aromatic carbocycles. The molecule has 4 aromatic heterocycles. The number of methoxy groups -OCH3 is 1. The summed E-state index contributed by atoms with van der Waals surface area (Å²) >= 11 is 6.74. The van der Waals surface area contributed by atoms with Crippen LogP contribution in [0.15, 0.2) is 43.0 Å². The number of rotatable bonds is 8. The zero-order valence-electron chi connectivity index (χ0n) is 22.9. The number of hydrogen-bond donors (Lipinski definition) is 2. The third-order valence-corrected chi connectivity index (χ3v) is 7.56. The quantitative estimate of drug-likeness (QED) is 0.239. The number of aryl methyl sites for hydroxylation is 1. The molecule has 220 valence electrons. The predicted molar refractivity (Wildman–Crippen MR) is 152 cm³/mol. The summed E-state index contributed by atoms with van der Waals surface area (Å²) < 4.78 is 56.1. The van der Waals surface area contributed by atoms with Gasteiger partial charge in [-0.15, -0.1) is 0 Å². The van der Waals surface area contributed by atoms with E-state index in [-0.39, 0.29) is 28.5 Å². The largest absolute Gasteiger partial charge is 0.450 e. The highest BCUT2D eigenvalue weighted by atomic mass is 35.5. The lowest BCUT2D eigenvalue weighted by Crippen LogP contribution is -2.22. The Morgan fingerprint density at radius 2 is 1.95 bits per heavy atom. The first kappa shape index (κ1) is 28.0. The molecule has 1 atom stereocenters. The number of likely N-dealkylation sites (tertiary alicyclic amines) is 1. The lowest BCUT2D eigenvalue weighted by molar-refractivity contribution is -0.137. The highest BCUT2D eigenvalue weighted by Gasteiger charge is 2.32. The first-order valence-electron chi connectivity index (χ1n) is 13.1. The highest BCUT2D eigenvalue weighted by Crippen LogP contribution is 2.38. The van der Waals surface area contributed by atoms with E-state index in [0.29, 0.717) is 46.9 Å². The van der Waals surface area contributed by atoms with Gasteiger partial charge in [-0.1, -0.05) is 11.6 Å². The third-order valence-electron chi connectivity index (χ3n) is 7.20. The Balaban J connectivity index is 1.29. The number of imidazole rings is 1. The van der Waals surface area contributed by atoms with Gasteiger partial charge in [0, 0.05) is 46.5 Å². The van der Waals surface area contributed by atoms with E-state index < -0.39 is 11.7 Å². The van der Waals surface area contributed by atoms with Gasteiger partial charge in [0.1, 0.15) is 21.9 Å². The van der Waals surface area contributed by atoms with E-state index in [1.807, 2.05) is 0 Å². The van der Waals surface area contributed by atoms with Crippen LogP contribution in [0.3, 0.4) is 0 Å². The molecule has 0 radical (unpaired) electrons. The van der Waals surface area contributed by atoms with Gasteiger partial charge in [0.25, 0.3) is 0 Å². The van der Waals surface area contributed by atoms with Crippen LogP contribution in [0.5, 0.6) is 11.5 Å². The Morgan fingerprint density at radius 3 is 2.69 bits per heavy atom. The molecule has 15 heteroatoms. The fraction of sp³-hybridized carbons (Fsp3) is 0.333. The Kier molecular flexibility index (Phi) is 7.29. The Morgan fingerprint density at radius 1 is 1.12 bits per heavy atom. The zero-order chi connectivity index (χ0) is 29.6.